The van der Waals surface area contributed by atoms with Gasteiger partial charge in [0.25, 0.3) is 0 Å². The predicted octanol–water partition coefficient (Wildman–Crippen LogP) is 0.722. The lowest BCUT2D eigenvalue weighted by molar-refractivity contribution is 2.10. The van der Waals surface area contributed by atoms with E-state index in [1.807, 2.05) is 0 Å². The van der Waals surface area contributed by atoms with Crippen LogP contribution in [0.1, 0.15) is 0 Å². The van der Waals surface area contributed by atoms with Crippen molar-refractivity contribution < 1.29 is 0 Å². The molecule has 0 amide bonds. The molecule has 0 atom stereocenters. The summed E-state index contributed by atoms with van der Waals surface area (Å²) in [5.74, 6) is 0. The lowest BCUT2D eigenvalue weighted by atomic mass is 11.9. The molecule has 2 heteroatoms. The van der Waals surface area contributed by atoms with Gasteiger partial charge in [-0.05, 0) is 16.5 Å². The Labute approximate surface area is 37.0 Å². The summed E-state index contributed by atoms with van der Waals surface area (Å²) in [7, 11) is 1.04. The van der Waals surface area contributed by atoms with Crippen LogP contribution in [0.15, 0.2) is 0 Å². The highest BCUT2D eigenvalue weighted by molar-refractivity contribution is 6.83. The Morgan fingerprint density at radius 2 is 1.60 bits per heavy atom. The molecule has 0 aromatic carbocycles. The van der Waals surface area contributed by atoms with Crippen LogP contribution in [0.3, 0.4) is 0 Å². The van der Waals surface area contributed by atoms with Gasteiger partial charge in [-0.3, -0.25) is 0 Å². The fourth-order valence-corrected chi connectivity index (χ4v) is 0. The highest BCUT2D eigenvalue weighted by atomic mass is 28.9. The standard InChI is InChI=1S/C3H10Si2/c1-4-5(2)3/h4H,1-3H3. The minimum absolute atomic E-state index is 0.209. The van der Waals surface area contributed by atoms with Gasteiger partial charge >= 0.3 is 0 Å². The van der Waals surface area contributed by atoms with Gasteiger partial charge in [-0.2, -0.15) is 0 Å². The topological polar surface area (TPSA) is 0 Å². The Morgan fingerprint density at radius 3 is 1.60 bits per heavy atom. The number of hydrogen-bond donors (Lipinski definition) is 0. The largest absolute Gasteiger partial charge is 0.0623 e. The van der Waals surface area contributed by atoms with Crippen molar-refractivity contribution in [2.75, 3.05) is 0 Å². The molecule has 0 radical (unpaired) electrons. The zero-order valence-corrected chi connectivity index (χ0v) is 6.23. The van der Waals surface area contributed by atoms with Crippen LogP contribution in [0.2, 0.25) is 19.6 Å². The molecule has 0 fully saturated rings. The van der Waals surface area contributed by atoms with E-state index < -0.39 is 0 Å². The molecule has 0 spiro atoms. The average Bonchev–Trinajstić information content (AvgIpc) is 1.38. The zero-order chi connectivity index (χ0) is 4.28. The summed E-state index contributed by atoms with van der Waals surface area (Å²) < 4.78 is 0. The molecule has 5 heavy (non-hydrogen) atoms. The third kappa shape index (κ3) is 4.43. The first-order valence-corrected chi connectivity index (χ1v) is 7.33. The highest BCUT2D eigenvalue weighted by Crippen LogP contribution is 1.55. The molecule has 0 aromatic rings. The first-order chi connectivity index (χ1) is 2.27. The summed E-state index contributed by atoms with van der Waals surface area (Å²) in [5, 5.41) is 0. The zero-order valence-electron chi connectivity index (χ0n) is 4.08. The third-order valence-corrected chi connectivity index (χ3v) is 5.20. The summed E-state index contributed by atoms with van der Waals surface area (Å²) in [6.45, 7) is 7.05. The van der Waals surface area contributed by atoms with Crippen LogP contribution in [0.4, 0.5) is 0 Å². The van der Waals surface area contributed by atoms with E-state index in [4.69, 9.17) is 0 Å². The molecule has 0 unspecified atom stereocenters. The Bertz CT molecular complexity index is 42.9. The molecule has 0 nitrogen and oxygen atoms in total. The fraction of sp³-hybridized carbons (Fsp3) is 1.00. The van der Waals surface area contributed by atoms with Gasteiger partial charge < -0.3 is 0 Å². The molecule has 0 N–H and O–H groups in total. The van der Waals surface area contributed by atoms with Gasteiger partial charge in [-0.1, -0.05) is 19.6 Å². The lowest BCUT2D eigenvalue weighted by Gasteiger charge is -1.71. The second-order valence-corrected chi connectivity index (χ2v) is 9.29. The van der Waals surface area contributed by atoms with Crippen LogP contribution in [0, 0.1) is 0 Å². The van der Waals surface area contributed by atoms with Crippen molar-refractivity contribution in [3.05, 3.63) is 0 Å². The third-order valence-electron chi connectivity index (χ3n) is 0.577. The van der Waals surface area contributed by atoms with Gasteiger partial charge in [0.15, 0.2) is 0 Å². The van der Waals surface area contributed by atoms with Gasteiger partial charge in [-0.25, -0.2) is 0 Å². The molecule has 0 bridgehead atoms. The molecule has 0 aromatic heterocycles. The van der Waals surface area contributed by atoms with Crippen molar-refractivity contribution in [1.82, 2.24) is 0 Å². The number of hydrogen-bond acceptors (Lipinski definition) is 0. The SMILES string of the molecule is C[SiH]=[Si](C)C. The van der Waals surface area contributed by atoms with Crippen molar-refractivity contribution in [2.45, 2.75) is 19.6 Å². The molecule has 0 saturated heterocycles. The Hall–Kier alpha value is 0.434. The lowest BCUT2D eigenvalue weighted by Crippen LogP contribution is -1.85. The first kappa shape index (κ1) is 5.43. The quantitative estimate of drug-likeness (QED) is 0.395. The van der Waals surface area contributed by atoms with E-state index in [1.165, 1.54) is 0 Å². The molecule has 0 aliphatic rings. The number of rotatable bonds is 0. The van der Waals surface area contributed by atoms with Gasteiger partial charge in [0.05, 0.1) is 0 Å². The van der Waals surface area contributed by atoms with E-state index in [9.17, 15) is 0 Å². The average molecular weight is 102 g/mol. The van der Waals surface area contributed by atoms with E-state index in [0.29, 0.717) is 0 Å². The van der Waals surface area contributed by atoms with Crippen LogP contribution in [-0.2, 0) is 0 Å². The summed E-state index contributed by atoms with van der Waals surface area (Å²) >= 11 is 0. The molecular weight excluding hydrogens is 92.2 g/mol. The minimum atomic E-state index is 0.209. The monoisotopic (exact) mass is 102 g/mol. The van der Waals surface area contributed by atoms with Crippen LogP contribution < -0.4 is 0 Å². The summed E-state index contributed by atoms with van der Waals surface area (Å²) in [4.78, 5) is 0. The summed E-state index contributed by atoms with van der Waals surface area (Å²) in [6, 6.07) is 0. The van der Waals surface area contributed by atoms with Crippen molar-refractivity contribution in [3.63, 3.8) is 0 Å². The maximum absolute atomic E-state index is 2.36. The first-order valence-electron chi connectivity index (χ1n) is 1.87. The van der Waals surface area contributed by atoms with Crippen LogP contribution in [0.5, 0.6) is 0 Å². The van der Waals surface area contributed by atoms with Crippen molar-refractivity contribution in [2.24, 2.45) is 0 Å². The smallest absolute Gasteiger partial charge is 0.0224 e. The summed E-state index contributed by atoms with van der Waals surface area (Å²) in [5.41, 5.74) is 0. The highest BCUT2D eigenvalue weighted by Gasteiger charge is 1.63. The van der Waals surface area contributed by atoms with Gasteiger partial charge in [0.2, 0.25) is 0 Å². The van der Waals surface area contributed by atoms with Crippen LogP contribution >= 0.6 is 0 Å². The van der Waals surface area contributed by atoms with Gasteiger partial charge in [0, 0.05) is 0 Å². The maximum atomic E-state index is 2.36. The van der Waals surface area contributed by atoms with Gasteiger partial charge in [-0.15, -0.1) is 0 Å². The molecule has 0 saturated carbocycles. The Morgan fingerprint density at radius 1 is 1.40 bits per heavy atom. The van der Waals surface area contributed by atoms with Crippen LogP contribution in [-0.4, -0.2) is 16.5 Å². The second-order valence-electron chi connectivity index (χ2n) is 1.37. The molecule has 0 rings (SSSR count). The predicted molar refractivity (Wildman–Crippen MR) is 30.5 cm³/mol. The molecule has 0 aliphatic carbocycles. The van der Waals surface area contributed by atoms with E-state index in [1.54, 1.807) is 0 Å². The van der Waals surface area contributed by atoms with Crippen LogP contribution in [0.25, 0.3) is 0 Å². The normalized spacial score (nSPS) is 7.00. The molecule has 0 aliphatic heterocycles. The second kappa shape index (κ2) is 2.66. The van der Waals surface area contributed by atoms with Gasteiger partial charge in [0.1, 0.15) is 0 Å². The van der Waals surface area contributed by atoms with Crippen molar-refractivity contribution in [1.29, 1.82) is 0 Å². The van der Waals surface area contributed by atoms with E-state index in [2.05, 4.69) is 19.6 Å². The molecule has 30 valence electrons. The Kier molecular flexibility index (Phi) is 2.89. The fourth-order valence-electron chi connectivity index (χ4n) is 0. The summed E-state index contributed by atoms with van der Waals surface area (Å²) in [6.07, 6.45) is 0. The van der Waals surface area contributed by atoms with Crippen molar-refractivity contribution >= 4 is 16.5 Å². The maximum Gasteiger partial charge on any atom is -0.0224 e. The van der Waals surface area contributed by atoms with Crippen molar-refractivity contribution in [3.8, 4) is 0 Å². The molecule has 0 heterocycles. The minimum Gasteiger partial charge on any atom is -0.0623 e. The van der Waals surface area contributed by atoms with E-state index >= 15 is 0 Å². The molecular formula is C3H10Si2. The van der Waals surface area contributed by atoms with E-state index in [-0.39, 0.29) is 7.89 Å². The van der Waals surface area contributed by atoms with E-state index in [0.717, 1.165) is 8.61 Å². The Balaban J connectivity index is 3.14.